The predicted octanol–water partition coefficient (Wildman–Crippen LogP) is 3.78. The highest BCUT2D eigenvalue weighted by Crippen LogP contribution is 2.42. The molecule has 4 heteroatoms. The number of fused-ring (bicyclic) bond motifs is 2. The van der Waals surface area contributed by atoms with Gasteiger partial charge in [-0.3, -0.25) is 4.79 Å². The zero-order valence-electron chi connectivity index (χ0n) is 11.5. The van der Waals surface area contributed by atoms with Gasteiger partial charge in [0.2, 0.25) is 0 Å². The van der Waals surface area contributed by atoms with Crippen LogP contribution >= 0.6 is 11.3 Å². The van der Waals surface area contributed by atoms with Gasteiger partial charge in [0, 0.05) is 16.0 Å². The third kappa shape index (κ3) is 2.59. The molecule has 2 atom stereocenters. The molecule has 3 nitrogen and oxygen atoms in total. The number of rotatable bonds is 3. The molecule has 1 heterocycles. The molecule has 1 aromatic heterocycles. The SMILES string of the molecule is CC(C)c1cc(C(=O)N/N=C2/C[C@@H]3CC[C@@H]2C3)cs1. The molecule has 0 aromatic carbocycles. The van der Waals surface area contributed by atoms with Crippen LogP contribution in [0.25, 0.3) is 0 Å². The molecule has 0 saturated heterocycles. The van der Waals surface area contributed by atoms with Crippen LogP contribution in [0.4, 0.5) is 0 Å². The van der Waals surface area contributed by atoms with Crippen molar-refractivity contribution >= 4 is 23.0 Å². The van der Waals surface area contributed by atoms with Gasteiger partial charge in [-0.1, -0.05) is 13.8 Å². The van der Waals surface area contributed by atoms with Gasteiger partial charge in [-0.05, 0) is 49.5 Å². The summed E-state index contributed by atoms with van der Waals surface area (Å²) in [6.07, 6.45) is 4.98. The minimum absolute atomic E-state index is 0.0709. The van der Waals surface area contributed by atoms with E-state index in [2.05, 4.69) is 24.4 Å². The lowest BCUT2D eigenvalue weighted by molar-refractivity contribution is 0.0955. The highest BCUT2D eigenvalue weighted by atomic mass is 32.1. The number of thiophene rings is 1. The van der Waals surface area contributed by atoms with Gasteiger partial charge in [-0.2, -0.15) is 5.10 Å². The van der Waals surface area contributed by atoms with Crippen molar-refractivity contribution in [1.82, 2.24) is 5.43 Å². The number of hydrogen-bond acceptors (Lipinski definition) is 3. The minimum atomic E-state index is -0.0709. The fraction of sp³-hybridized carbons (Fsp3) is 0.600. The molecule has 2 aliphatic rings. The van der Waals surface area contributed by atoms with Crippen molar-refractivity contribution in [2.24, 2.45) is 16.9 Å². The zero-order valence-corrected chi connectivity index (χ0v) is 12.3. The van der Waals surface area contributed by atoms with Crippen LogP contribution in [0.1, 0.15) is 60.7 Å². The maximum absolute atomic E-state index is 12.0. The Bertz CT molecular complexity index is 518. The Morgan fingerprint density at radius 3 is 2.89 bits per heavy atom. The zero-order chi connectivity index (χ0) is 13.4. The Balaban J connectivity index is 1.63. The average molecular weight is 276 g/mol. The fourth-order valence-corrected chi connectivity index (χ4v) is 4.03. The van der Waals surface area contributed by atoms with Crippen molar-refractivity contribution in [2.45, 2.75) is 45.4 Å². The van der Waals surface area contributed by atoms with Crippen molar-refractivity contribution in [3.05, 3.63) is 21.9 Å². The lowest BCUT2D eigenvalue weighted by Gasteiger charge is -2.11. The van der Waals surface area contributed by atoms with Crippen molar-refractivity contribution in [2.75, 3.05) is 0 Å². The topological polar surface area (TPSA) is 41.5 Å². The summed E-state index contributed by atoms with van der Waals surface area (Å²) in [6.45, 7) is 4.28. The van der Waals surface area contributed by atoms with Gasteiger partial charge in [-0.15, -0.1) is 11.3 Å². The van der Waals surface area contributed by atoms with Crippen LogP contribution < -0.4 is 5.43 Å². The van der Waals surface area contributed by atoms with Gasteiger partial charge in [0.1, 0.15) is 0 Å². The van der Waals surface area contributed by atoms with Gasteiger partial charge in [-0.25, -0.2) is 5.43 Å². The molecule has 19 heavy (non-hydrogen) atoms. The third-order valence-electron chi connectivity index (χ3n) is 4.26. The van der Waals surface area contributed by atoms with Gasteiger partial charge in [0.15, 0.2) is 0 Å². The standard InChI is InChI=1S/C15H20N2OS/c1-9(2)14-7-12(8-19-14)15(18)17-16-13-6-10-3-4-11(13)5-10/h7-11H,3-6H2,1-2H3,(H,17,18)/b16-13-/t10-,11-/m1/s1. The fourth-order valence-electron chi connectivity index (χ4n) is 3.12. The molecule has 0 aliphatic heterocycles. The van der Waals surface area contributed by atoms with E-state index in [0.29, 0.717) is 11.8 Å². The second-order valence-electron chi connectivity index (χ2n) is 6.02. The van der Waals surface area contributed by atoms with Crippen molar-refractivity contribution < 1.29 is 4.79 Å². The Kier molecular flexibility index (Phi) is 3.44. The normalized spacial score (nSPS) is 27.4. The largest absolute Gasteiger partial charge is 0.272 e. The van der Waals surface area contributed by atoms with Crippen LogP contribution in [-0.2, 0) is 0 Å². The second kappa shape index (κ2) is 5.08. The van der Waals surface area contributed by atoms with Crippen molar-refractivity contribution in [3.8, 4) is 0 Å². The van der Waals surface area contributed by atoms with Crippen LogP contribution in [0.15, 0.2) is 16.5 Å². The van der Waals surface area contributed by atoms with E-state index >= 15 is 0 Å². The smallest absolute Gasteiger partial charge is 0.267 e. The molecule has 2 fully saturated rings. The molecule has 2 aliphatic carbocycles. The number of carbonyl (C=O) groups excluding carboxylic acids is 1. The summed E-state index contributed by atoms with van der Waals surface area (Å²) in [4.78, 5) is 13.3. The summed E-state index contributed by atoms with van der Waals surface area (Å²) in [7, 11) is 0. The van der Waals surface area contributed by atoms with Gasteiger partial charge in [0.05, 0.1) is 5.56 Å². The summed E-state index contributed by atoms with van der Waals surface area (Å²) in [5, 5.41) is 6.28. The Morgan fingerprint density at radius 2 is 2.32 bits per heavy atom. The van der Waals surface area contributed by atoms with Crippen LogP contribution in [0.3, 0.4) is 0 Å². The first kappa shape index (κ1) is 12.9. The van der Waals surface area contributed by atoms with Gasteiger partial charge >= 0.3 is 0 Å². The van der Waals surface area contributed by atoms with E-state index in [0.717, 1.165) is 17.9 Å². The highest BCUT2D eigenvalue weighted by molar-refractivity contribution is 7.10. The Labute approximate surface area is 118 Å². The van der Waals surface area contributed by atoms with E-state index in [1.54, 1.807) is 11.3 Å². The highest BCUT2D eigenvalue weighted by Gasteiger charge is 2.36. The quantitative estimate of drug-likeness (QED) is 0.839. The van der Waals surface area contributed by atoms with Crippen LogP contribution in [0.2, 0.25) is 0 Å². The molecule has 2 saturated carbocycles. The van der Waals surface area contributed by atoms with Crippen LogP contribution in [0.5, 0.6) is 0 Å². The molecule has 102 valence electrons. The molecule has 0 spiro atoms. The van der Waals surface area contributed by atoms with Crippen LogP contribution in [-0.4, -0.2) is 11.6 Å². The van der Waals surface area contributed by atoms with E-state index in [4.69, 9.17) is 0 Å². The molecule has 1 N–H and O–H groups in total. The van der Waals surface area contributed by atoms with E-state index in [9.17, 15) is 4.79 Å². The Morgan fingerprint density at radius 1 is 1.47 bits per heavy atom. The van der Waals surface area contributed by atoms with Gasteiger partial charge in [0.25, 0.3) is 5.91 Å². The molecular weight excluding hydrogens is 256 g/mol. The van der Waals surface area contributed by atoms with E-state index < -0.39 is 0 Å². The first-order valence-corrected chi connectivity index (χ1v) is 7.96. The summed E-state index contributed by atoms with van der Waals surface area (Å²) < 4.78 is 0. The maximum Gasteiger partial charge on any atom is 0.272 e. The maximum atomic E-state index is 12.0. The number of nitrogens with one attached hydrogen (secondary N) is 1. The van der Waals surface area contributed by atoms with E-state index in [1.165, 1.54) is 29.9 Å². The number of carbonyl (C=O) groups is 1. The molecular formula is C15H20N2OS. The molecule has 1 amide bonds. The minimum Gasteiger partial charge on any atom is -0.267 e. The summed E-state index contributed by atoms with van der Waals surface area (Å²) >= 11 is 1.65. The first-order valence-electron chi connectivity index (χ1n) is 7.08. The second-order valence-corrected chi connectivity index (χ2v) is 6.96. The third-order valence-corrected chi connectivity index (χ3v) is 5.50. The summed E-state index contributed by atoms with van der Waals surface area (Å²) in [5.74, 6) is 1.87. The van der Waals surface area contributed by atoms with Gasteiger partial charge < -0.3 is 0 Å². The van der Waals surface area contributed by atoms with Crippen molar-refractivity contribution in [1.29, 1.82) is 0 Å². The van der Waals surface area contributed by atoms with Crippen LogP contribution in [0, 0.1) is 11.8 Å². The summed E-state index contributed by atoms with van der Waals surface area (Å²) in [6, 6.07) is 1.98. The molecule has 0 radical (unpaired) electrons. The monoisotopic (exact) mass is 276 g/mol. The molecule has 2 bridgehead atoms. The lowest BCUT2D eigenvalue weighted by Crippen LogP contribution is -2.21. The Hall–Kier alpha value is -1.16. The average Bonchev–Trinajstić information content (AvgIpc) is 3.10. The number of nitrogens with zero attached hydrogens (tertiary/aromatic N) is 1. The number of hydrogen-bond donors (Lipinski definition) is 1. The molecule has 1 aromatic rings. The predicted molar refractivity (Wildman–Crippen MR) is 78.8 cm³/mol. The first-order chi connectivity index (χ1) is 9.13. The van der Waals surface area contributed by atoms with E-state index in [-0.39, 0.29) is 5.91 Å². The summed E-state index contributed by atoms with van der Waals surface area (Å²) in [5.41, 5.74) is 4.68. The number of hydrazone groups is 1. The van der Waals surface area contributed by atoms with E-state index in [1.807, 2.05) is 11.4 Å². The molecule has 0 unspecified atom stereocenters. The molecule has 3 rings (SSSR count). The number of amides is 1. The van der Waals surface area contributed by atoms with Crippen molar-refractivity contribution in [3.63, 3.8) is 0 Å². The lowest BCUT2D eigenvalue weighted by atomic mass is 9.99.